The molecular formula is C15H15F3N2O. The molecule has 1 aromatic carbocycles. The summed E-state index contributed by atoms with van der Waals surface area (Å²) >= 11 is 0. The van der Waals surface area contributed by atoms with Crippen LogP contribution in [-0.4, -0.2) is 19.1 Å². The molecule has 1 N–H and O–H groups in total. The van der Waals surface area contributed by atoms with Gasteiger partial charge in [-0.05, 0) is 36.9 Å². The molecule has 0 saturated carbocycles. The highest BCUT2D eigenvalue weighted by Gasteiger charge is 2.31. The van der Waals surface area contributed by atoms with Crippen molar-refractivity contribution >= 4 is 0 Å². The molecule has 1 atom stereocenters. The lowest BCUT2D eigenvalue weighted by Crippen LogP contribution is -2.19. The summed E-state index contributed by atoms with van der Waals surface area (Å²) < 4.78 is 42.7. The molecule has 3 nitrogen and oxygen atoms in total. The van der Waals surface area contributed by atoms with Crippen LogP contribution in [0, 0.1) is 0 Å². The summed E-state index contributed by atoms with van der Waals surface area (Å²) in [4.78, 5) is 3.92. The summed E-state index contributed by atoms with van der Waals surface area (Å²) in [5.41, 5.74) is 0.664. The smallest absolute Gasteiger partial charge is 0.417 e. The summed E-state index contributed by atoms with van der Waals surface area (Å²) in [6.45, 7) is 0. The fourth-order valence-electron chi connectivity index (χ4n) is 2.03. The van der Waals surface area contributed by atoms with Crippen LogP contribution in [0.2, 0.25) is 0 Å². The second-order valence-electron chi connectivity index (χ2n) is 4.46. The number of rotatable bonds is 4. The molecule has 0 saturated heterocycles. The lowest BCUT2D eigenvalue weighted by molar-refractivity contribution is -0.137. The van der Waals surface area contributed by atoms with E-state index in [1.165, 1.54) is 6.07 Å². The number of benzene rings is 1. The molecule has 1 aromatic heterocycles. The van der Waals surface area contributed by atoms with Gasteiger partial charge in [0.15, 0.2) is 0 Å². The van der Waals surface area contributed by atoms with E-state index in [-0.39, 0.29) is 6.04 Å². The number of hydrogen-bond donors (Lipinski definition) is 1. The second-order valence-corrected chi connectivity index (χ2v) is 4.46. The van der Waals surface area contributed by atoms with E-state index in [0.29, 0.717) is 11.4 Å². The van der Waals surface area contributed by atoms with Crippen LogP contribution in [0.25, 0.3) is 0 Å². The number of halogens is 3. The van der Waals surface area contributed by atoms with Gasteiger partial charge in [0.05, 0.1) is 24.4 Å². The van der Waals surface area contributed by atoms with Crippen LogP contribution in [-0.2, 0) is 6.18 Å². The van der Waals surface area contributed by atoms with Crippen molar-refractivity contribution in [3.8, 4) is 5.75 Å². The number of aromatic nitrogens is 1. The maximum atomic E-state index is 12.5. The normalized spacial score (nSPS) is 13.0. The third kappa shape index (κ3) is 3.52. The predicted octanol–water partition coefficient (Wildman–Crippen LogP) is 3.42. The minimum absolute atomic E-state index is 0.279. The van der Waals surface area contributed by atoms with Gasteiger partial charge in [0, 0.05) is 6.20 Å². The predicted molar refractivity (Wildman–Crippen MR) is 73.1 cm³/mol. The first-order valence-electron chi connectivity index (χ1n) is 6.30. The molecule has 0 fully saturated rings. The maximum absolute atomic E-state index is 12.5. The van der Waals surface area contributed by atoms with Gasteiger partial charge in [0.25, 0.3) is 0 Å². The van der Waals surface area contributed by atoms with Crippen molar-refractivity contribution in [2.24, 2.45) is 0 Å². The van der Waals surface area contributed by atoms with Crippen molar-refractivity contribution in [1.29, 1.82) is 0 Å². The number of nitrogens with one attached hydrogen (secondary N) is 1. The molecule has 0 radical (unpaired) electrons. The second kappa shape index (κ2) is 6.13. The molecule has 0 spiro atoms. The van der Waals surface area contributed by atoms with Crippen LogP contribution in [0.5, 0.6) is 5.75 Å². The first kappa shape index (κ1) is 15.3. The van der Waals surface area contributed by atoms with Crippen molar-refractivity contribution in [1.82, 2.24) is 10.3 Å². The minimum atomic E-state index is -4.37. The average molecular weight is 296 g/mol. The molecule has 112 valence electrons. The van der Waals surface area contributed by atoms with Gasteiger partial charge in [0.1, 0.15) is 5.75 Å². The summed E-state index contributed by atoms with van der Waals surface area (Å²) in [5.74, 6) is 0.717. The summed E-state index contributed by atoms with van der Waals surface area (Å²) in [6, 6.07) is 9.43. The molecule has 0 aliphatic heterocycles. The highest BCUT2D eigenvalue weighted by molar-refractivity contribution is 5.33. The first-order valence-corrected chi connectivity index (χ1v) is 6.30. The van der Waals surface area contributed by atoms with Gasteiger partial charge in [-0.15, -0.1) is 0 Å². The lowest BCUT2D eigenvalue weighted by Gasteiger charge is -2.17. The summed E-state index contributed by atoms with van der Waals surface area (Å²) in [6.07, 6.45) is -3.52. The van der Waals surface area contributed by atoms with Gasteiger partial charge in [-0.25, -0.2) is 0 Å². The Morgan fingerprint density at radius 3 is 2.19 bits per heavy atom. The minimum Gasteiger partial charge on any atom is -0.497 e. The third-order valence-corrected chi connectivity index (χ3v) is 3.15. The van der Waals surface area contributed by atoms with Gasteiger partial charge in [-0.1, -0.05) is 12.1 Å². The molecule has 1 heterocycles. The molecule has 2 rings (SSSR count). The van der Waals surface area contributed by atoms with Crippen LogP contribution >= 0.6 is 0 Å². The molecule has 2 aromatic rings. The van der Waals surface area contributed by atoms with Crippen molar-refractivity contribution < 1.29 is 17.9 Å². The molecule has 0 amide bonds. The van der Waals surface area contributed by atoms with E-state index in [2.05, 4.69) is 10.3 Å². The quantitative estimate of drug-likeness (QED) is 0.938. The number of ether oxygens (including phenoxy) is 1. The van der Waals surface area contributed by atoms with Gasteiger partial charge >= 0.3 is 6.18 Å². The van der Waals surface area contributed by atoms with E-state index in [0.717, 1.165) is 17.8 Å². The Morgan fingerprint density at radius 1 is 1.10 bits per heavy atom. The standard InChI is InChI=1S/C15H15F3N2O/c1-19-14(10-3-6-12(21-2)7-4-10)13-8-5-11(9-20-13)15(16,17)18/h3-9,14,19H,1-2H3. The van der Waals surface area contributed by atoms with Crippen molar-refractivity contribution in [3.05, 3.63) is 59.4 Å². The van der Waals surface area contributed by atoms with E-state index >= 15 is 0 Å². The largest absolute Gasteiger partial charge is 0.497 e. The van der Waals surface area contributed by atoms with Crippen LogP contribution in [0.4, 0.5) is 13.2 Å². The highest BCUT2D eigenvalue weighted by Crippen LogP contribution is 2.30. The molecule has 0 aliphatic rings. The Labute approximate surface area is 120 Å². The summed E-state index contributed by atoms with van der Waals surface area (Å²) in [7, 11) is 3.30. The SMILES string of the molecule is CNC(c1ccc(OC)cc1)c1ccc(C(F)(F)F)cn1. The van der Waals surface area contributed by atoms with E-state index in [1.807, 2.05) is 12.1 Å². The molecule has 21 heavy (non-hydrogen) atoms. The zero-order valence-corrected chi connectivity index (χ0v) is 11.6. The zero-order valence-electron chi connectivity index (χ0n) is 11.6. The average Bonchev–Trinajstić information content (AvgIpc) is 2.48. The first-order chi connectivity index (χ1) is 9.95. The molecular weight excluding hydrogens is 281 g/mol. The highest BCUT2D eigenvalue weighted by atomic mass is 19.4. The van der Waals surface area contributed by atoms with Crippen LogP contribution in [0.3, 0.4) is 0 Å². The fraction of sp³-hybridized carbons (Fsp3) is 0.267. The Balaban J connectivity index is 2.28. The number of hydrogen-bond acceptors (Lipinski definition) is 3. The van der Waals surface area contributed by atoms with Crippen LogP contribution in [0.1, 0.15) is 22.9 Å². The summed E-state index contributed by atoms with van der Waals surface area (Å²) in [5, 5.41) is 3.05. The zero-order chi connectivity index (χ0) is 15.5. The third-order valence-electron chi connectivity index (χ3n) is 3.15. The Hall–Kier alpha value is -2.08. The molecule has 0 aliphatic carbocycles. The molecule has 6 heteroatoms. The number of pyridine rings is 1. The number of methoxy groups -OCH3 is 1. The fourth-order valence-corrected chi connectivity index (χ4v) is 2.03. The van der Waals surface area contributed by atoms with Gasteiger partial charge < -0.3 is 10.1 Å². The maximum Gasteiger partial charge on any atom is 0.417 e. The monoisotopic (exact) mass is 296 g/mol. The number of alkyl halides is 3. The van der Waals surface area contributed by atoms with Gasteiger partial charge in [-0.2, -0.15) is 13.2 Å². The van der Waals surface area contributed by atoms with Gasteiger partial charge in [-0.3, -0.25) is 4.98 Å². The Bertz CT molecular complexity index is 579. The van der Waals surface area contributed by atoms with Gasteiger partial charge in [0.2, 0.25) is 0 Å². The van der Waals surface area contributed by atoms with E-state index in [4.69, 9.17) is 4.74 Å². The van der Waals surface area contributed by atoms with E-state index in [9.17, 15) is 13.2 Å². The topological polar surface area (TPSA) is 34.1 Å². The van der Waals surface area contributed by atoms with Crippen molar-refractivity contribution in [2.45, 2.75) is 12.2 Å². The Kier molecular flexibility index (Phi) is 4.47. The van der Waals surface area contributed by atoms with Crippen molar-refractivity contribution in [3.63, 3.8) is 0 Å². The Morgan fingerprint density at radius 2 is 1.76 bits per heavy atom. The molecule has 0 bridgehead atoms. The van der Waals surface area contributed by atoms with E-state index in [1.54, 1.807) is 26.3 Å². The van der Waals surface area contributed by atoms with Crippen LogP contribution in [0.15, 0.2) is 42.6 Å². The lowest BCUT2D eigenvalue weighted by atomic mass is 10.0. The van der Waals surface area contributed by atoms with Crippen LogP contribution < -0.4 is 10.1 Å². The molecule has 1 unspecified atom stereocenters. The van der Waals surface area contributed by atoms with Crippen molar-refractivity contribution in [2.75, 3.05) is 14.2 Å². The van der Waals surface area contributed by atoms with E-state index < -0.39 is 11.7 Å². The number of nitrogens with zero attached hydrogens (tertiary/aromatic N) is 1.